The van der Waals surface area contributed by atoms with Crippen molar-refractivity contribution in [3.8, 4) is 0 Å². The Morgan fingerprint density at radius 3 is 2.31 bits per heavy atom. The predicted octanol–water partition coefficient (Wildman–Crippen LogP) is 2.45. The van der Waals surface area contributed by atoms with Crippen molar-refractivity contribution in [3.63, 3.8) is 0 Å². The summed E-state index contributed by atoms with van der Waals surface area (Å²) in [5.41, 5.74) is -2.35. The number of halogens is 3. The summed E-state index contributed by atoms with van der Waals surface area (Å²) in [5.74, 6) is -1.43. The number of fused-ring (bicyclic) bond motifs is 1. The van der Waals surface area contributed by atoms with Crippen LogP contribution in [0.2, 0.25) is 0 Å². The molecule has 36 heavy (non-hydrogen) atoms. The lowest BCUT2D eigenvalue weighted by atomic mass is 10.0. The van der Waals surface area contributed by atoms with Gasteiger partial charge in [0.05, 0.1) is 5.39 Å². The highest BCUT2D eigenvalue weighted by atomic mass is 19.4. The number of anilines is 1. The normalized spacial score (nSPS) is 19.4. The number of alkyl halides is 3. The van der Waals surface area contributed by atoms with Crippen LogP contribution in [0.5, 0.6) is 0 Å². The molecule has 2 aromatic rings. The number of ether oxygens (including phenoxy) is 1. The zero-order chi connectivity index (χ0) is 26.4. The Labute approximate surface area is 204 Å². The van der Waals surface area contributed by atoms with E-state index in [1.54, 1.807) is 20.8 Å². The molecule has 10 nitrogen and oxygen atoms in total. The average Bonchev–Trinajstić information content (AvgIpc) is 2.78. The number of carbonyl (C=O) groups excluding carboxylic acids is 3. The van der Waals surface area contributed by atoms with E-state index < -0.39 is 47.0 Å². The number of nitrogens with zero attached hydrogens (tertiary/aromatic N) is 4. The summed E-state index contributed by atoms with van der Waals surface area (Å²) in [6.45, 7) is 6.62. The SMILES string of the molecule is CC(C)(C)OC(=O)N1CCN(c2ccc3c(=O)n(C4CCC(=O)NC4=O)nc(C(F)(F)F)c3c2)CC1. The Bertz CT molecular complexity index is 1280. The van der Waals surface area contributed by atoms with Crippen molar-refractivity contribution in [2.75, 3.05) is 31.1 Å². The maximum Gasteiger partial charge on any atom is 0.435 e. The van der Waals surface area contributed by atoms with Gasteiger partial charge < -0.3 is 14.5 Å². The number of imide groups is 1. The quantitative estimate of drug-likeness (QED) is 0.619. The first-order chi connectivity index (χ1) is 16.7. The molecule has 2 aliphatic rings. The van der Waals surface area contributed by atoms with Crippen LogP contribution in [-0.4, -0.2) is 64.4 Å². The largest absolute Gasteiger partial charge is 0.444 e. The van der Waals surface area contributed by atoms with Crippen molar-refractivity contribution in [2.24, 2.45) is 0 Å². The smallest absolute Gasteiger partial charge is 0.435 e. The molecule has 1 aromatic carbocycles. The van der Waals surface area contributed by atoms with E-state index in [0.29, 0.717) is 36.5 Å². The molecule has 3 heterocycles. The Kier molecular flexibility index (Phi) is 6.43. The third-order valence-corrected chi connectivity index (χ3v) is 5.97. The van der Waals surface area contributed by atoms with E-state index in [-0.39, 0.29) is 23.6 Å². The highest BCUT2D eigenvalue weighted by molar-refractivity contribution is 5.99. The number of amides is 3. The van der Waals surface area contributed by atoms with Gasteiger partial charge in [0.15, 0.2) is 5.69 Å². The van der Waals surface area contributed by atoms with Crippen LogP contribution in [-0.2, 0) is 20.5 Å². The van der Waals surface area contributed by atoms with E-state index in [2.05, 4.69) is 5.10 Å². The minimum Gasteiger partial charge on any atom is -0.444 e. The molecule has 2 saturated heterocycles. The molecular formula is C23H26F3N5O5. The molecule has 1 aromatic heterocycles. The fraction of sp³-hybridized carbons (Fsp3) is 0.522. The van der Waals surface area contributed by atoms with Gasteiger partial charge in [-0.2, -0.15) is 18.3 Å². The fourth-order valence-corrected chi connectivity index (χ4v) is 4.25. The molecule has 13 heteroatoms. The van der Waals surface area contributed by atoms with Crippen LogP contribution in [0, 0.1) is 0 Å². The van der Waals surface area contributed by atoms with E-state index >= 15 is 0 Å². The molecule has 0 spiro atoms. The monoisotopic (exact) mass is 509 g/mol. The molecular weight excluding hydrogens is 483 g/mol. The first-order valence-corrected chi connectivity index (χ1v) is 11.4. The molecule has 1 unspecified atom stereocenters. The molecule has 1 N–H and O–H groups in total. The van der Waals surface area contributed by atoms with Crippen LogP contribution >= 0.6 is 0 Å². The Morgan fingerprint density at radius 1 is 1.06 bits per heavy atom. The minimum atomic E-state index is -4.90. The van der Waals surface area contributed by atoms with Crippen LogP contribution in [0.4, 0.5) is 23.7 Å². The van der Waals surface area contributed by atoms with Crippen LogP contribution in [0.3, 0.4) is 0 Å². The fourth-order valence-electron chi connectivity index (χ4n) is 4.25. The first-order valence-electron chi connectivity index (χ1n) is 11.4. The molecule has 1 atom stereocenters. The number of hydrogen-bond donors (Lipinski definition) is 1. The third kappa shape index (κ3) is 5.14. The van der Waals surface area contributed by atoms with Gasteiger partial charge >= 0.3 is 12.3 Å². The van der Waals surface area contributed by atoms with E-state index in [0.717, 1.165) is 0 Å². The van der Waals surface area contributed by atoms with Crippen LogP contribution in [0.25, 0.3) is 10.8 Å². The van der Waals surface area contributed by atoms with Gasteiger partial charge in [0, 0.05) is 43.7 Å². The lowest BCUT2D eigenvalue weighted by Gasteiger charge is -2.36. The van der Waals surface area contributed by atoms with Crippen molar-refractivity contribution >= 4 is 34.4 Å². The zero-order valence-electron chi connectivity index (χ0n) is 20.0. The highest BCUT2D eigenvalue weighted by Gasteiger charge is 2.39. The third-order valence-electron chi connectivity index (χ3n) is 5.97. The summed E-state index contributed by atoms with van der Waals surface area (Å²) < 4.78 is 47.9. The lowest BCUT2D eigenvalue weighted by molar-refractivity contribution is -0.143. The summed E-state index contributed by atoms with van der Waals surface area (Å²) in [4.78, 5) is 52.3. The van der Waals surface area contributed by atoms with Crippen molar-refractivity contribution in [3.05, 3.63) is 34.2 Å². The maximum absolute atomic E-state index is 14.0. The van der Waals surface area contributed by atoms with Crippen LogP contribution < -0.4 is 15.8 Å². The van der Waals surface area contributed by atoms with Gasteiger partial charge in [-0.3, -0.25) is 19.7 Å². The number of piperidine rings is 1. The second kappa shape index (κ2) is 9.10. The second-order valence-corrected chi connectivity index (χ2v) is 9.75. The number of carbonyl (C=O) groups is 3. The lowest BCUT2D eigenvalue weighted by Crippen LogP contribution is -2.50. The van der Waals surface area contributed by atoms with Gasteiger partial charge in [0.1, 0.15) is 11.6 Å². The van der Waals surface area contributed by atoms with Gasteiger partial charge in [-0.05, 0) is 45.4 Å². The summed E-state index contributed by atoms with van der Waals surface area (Å²) in [7, 11) is 0. The van der Waals surface area contributed by atoms with Crippen molar-refractivity contribution in [1.82, 2.24) is 20.0 Å². The van der Waals surface area contributed by atoms with E-state index in [9.17, 15) is 32.3 Å². The molecule has 0 bridgehead atoms. The summed E-state index contributed by atoms with van der Waals surface area (Å²) in [5, 5.41) is 4.96. The zero-order valence-corrected chi connectivity index (χ0v) is 20.0. The molecule has 0 saturated carbocycles. The van der Waals surface area contributed by atoms with Crippen LogP contribution in [0.1, 0.15) is 45.3 Å². The Morgan fingerprint density at radius 2 is 1.72 bits per heavy atom. The number of aromatic nitrogens is 2. The number of piperazine rings is 1. The molecule has 194 valence electrons. The summed E-state index contributed by atoms with van der Waals surface area (Å²) in [6.07, 6.45) is -5.60. The second-order valence-electron chi connectivity index (χ2n) is 9.75. The van der Waals surface area contributed by atoms with Gasteiger partial charge in [-0.15, -0.1) is 0 Å². The predicted molar refractivity (Wildman–Crippen MR) is 122 cm³/mol. The molecule has 4 rings (SSSR count). The van der Waals surface area contributed by atoms with Crippen molar-refractivity contribution in [1.29, 1.82) is 0 Å². The maximum atomic E-state index is 14.0. The first kappa shape index (κ1) is 25.5. The van der Waals surface area contributed by atoms with Crippen LogP contribution in [0.15, 0.2) is 23.0 Å². The van der Waals surface area contributed by atoms with Crippen molar-refractivity contribution in [2.45, 2.75) is 51.4 Å². The summed E-state index contributed by atoms with van der Waals surface area (Å²) in [6, 6.07) is 2.75. The Hall–Kier alpha value is -3.64. The molecule has 3 amide bonds. The number of rotatable bonds is 2. The number of hydrogen-bond acceptors (Lipinski definition) is 7. The van der Waals surface area contributed by atoms with Crippen molar-refractivity contribution < 1.29 is 32.3 Å². The van der Waals surface area contributed by atoms with Gasteiger partial charge in [0.2, 0.25) is 5.91 Å². The molecule has 0 radical (unpaired) electrons. The van der Waals surface area contributed by atoms with E-state index in [1.165, 1.54) is 23.1 Å². The number of nitrogens with one attached hydrogen (secondary N) is 1. The standard InChI is InChI=1S/C23H26F3N5O5/c1-22(2,3)36-21(35)30-10-8-29(9-11-30)13-4-5-14-15(12-13)18(23(24,25)26)28-31(20(14)34)16-6-7-17(32)27-19(16)33/h4-5,12,16H,6-11H2,1-3H3,(H,27,32,33). The topological polar surface area (TPSA) is 114 Å². The Balaban J connectivity index is 1.65. The molecule has 2 aliphatic heterocycles. The molecule has 2 fully saturated rings. The average molecular weight is 509 g/mol. The van der Waals surface area contributed by atoms with Gasteiger partial charge in [-0.25, -0.2) is 9.48 Å². The van der Waals surface area contributed by atoms with Gasteiger partial charge in [-0.1, -0.05) is 0 Å². The number of benzene rings is 1. The summed E-state index contributed by atoms with van der Waals surface area (Å²) >= 11 is 0. The highest BCUT2D eigenvalue weighted by Crippen LogP contribution is 2.34. The van der Waals surface area contributed by atoms with E-state index in [1.807, 2.05) is 10.2 Å². The molecule has 0 aliphatic carbocycles. The van der Waals surface area contributed by atoms with E-state index in [4.69, 9.17) is 4.74 Å². The van der Waals surface area contributed by atoms with Gasteiger partial charge in [0.25, 0.3) is 11.5 Å². The minimum absolute atomic E-state index is 0.113.